The number of nitrogens with two attached hydrogens (primary N) is 2. The van der Waals surface area contributed by atoms with E-state index in [4.69, 9.17) is 39.2 Å². The topological polar surface area (TPSA) is 201 Å². The van der Waals surface area contributed by atoms with Gasteiger partial charge in [0.15, 0.2) is 0 Å². The second-order valence-corrected chi connectivity index (χ2v) is 7.16. The van der Waals surface area contributed by atoms with Gasteiger partial charge in [-0.25, -0.2) is 0 Å². The van der Waals surface area contributed by atoms with E-state index in [0.29, 0.717) is 24.3 Å². The normalized spacial score (nSPS) is 13.7. The summed E-state index contributed by atoms with van der Waals surface area (Å²) in [6, 6.07) is -1.65. The van der Waals surface area contributed by atoms with Crippen molar-refractivity contribution in [1.82, 2.24) is 0 Å². The Morgan fingerprint density at radius 1 is 0.905 bits per heavy atom. The second-order valence-electron chi connectivity index (χ2n) is 3.56. The lowest BCUT2D eigenvalue weighted by Gasteiger charge is -2.06. The third kappa shape index (κ3) is 21.9. The molecule has 0 aliphatic rings. The van der Waals surface area contributed by atoms with Crippen LogP contribution in [0, 0.1) is 0 Å². The van der Waals surface area contributed by atoms with E-state index in [2.05, 4.69) is 0 Å². The predicted octanol–water partition coefficient (Wildman–Crippen LogP) is -0.681. The summed E-state index contributed by atoms with van der Waals surface area (Å²) in [5.74, 6) is -0.752. The largest absolute Gasteiger partial charge is 0.480 e. The van der Waals surface area contributed by atoms with Crippen molar-refractivity contribution in [3.05, 3.63) is 0 Å². The van der Waals surface area contributed by atoms with E-state index in [9.17, 15) is 9.59 Å². The molecule has 0 aliphatic carbocycles. The molecule has 2 atom stereocenters. The first-order valence-electron chi connectivity index (χ1n) is 5.36. The number of hydrogen-bond acceptors (Lipinski definition) is 8. The average Bonchev–Trinajstić information content (AvgIpc) is 2.30. The first-order valence-corrected chi connectivity index (χ1v) is 9.24. The van der Waals surface area contributed by atoms with E-state index in [1.54, 1.807) is 0 Å². The van der Waals surface area contributed by atoms with Gasteiger partial charge in [0.2, 0.25) is 0 Å². The van der Waals surface area contributed by atoms with E-state index in [1.807, 2.05) is 0 Å². The van der Waals surface area contributed by atoms with Gasteiger partial charge in [-0.2, -0.15) is 8.42 Å². The van der Waals surface area contributed by atoms with Gasteiger partial charge < -0.3 is 21.7 Å². The van der Waals surface area contributed by atoms with Crippen molar-refractivity contribution >= 4 is 43.9 Å². The highest BCUT2D eigenvalue weighted by molar-refractivity contribution is 8.76. The molecule has 0 aromatic carbocycles. The van der Waals surface area contributed by atoms with Crippen molar-refractivity contribution < 1.29 is 37.3 Å². The lowest BCUT2D eigenvalue weighted by Crippen LogP contribution is -2.30. The monoisotopic (exact) mass is 366 g/mol. The van der Waals surface area contributed by atoms with Crippen LogP contribution in [0.3, 0.4) is 0 Å². The van der Waals surface area contributed by atoms with Crippen LogP contribution in [0.25, 0.3) is 0 Å². The molecule has 8 N–H and O–H groups in total. The molecular weight excluding hydrogens is 348 g/mol. The first-order chi connectivity index (χ1) is 9.45. The van der Waals surface area contributed by atoms with E-state index < -0.39 is 34.4 Å². The maximum absolute atomic E-state index is 10.4. The zero-order valence-electron chi connectivity index (χ0n) is 10.8. The molecule has 0 aliphatic heterocycles. The number of hydrogen-bond donors (Lipinski definition) is 6. The molecular formula is C8H18N2O8S3. The van der Waals surface area contributed by atoms with Crippen LogP contribution in [-0.4, -0.2) is 63.3 Å². The fourth-order valence-electron chi connectivity index (χ4n) is 0.715. The van der Waals surface area contributed by atoms with Gasteiger partial charge in [-0.1, -0.05) is 21.6 Å². The molecule has 0 heterocycles. The van der Waals surface area contributed by atoms with Crippen molar-refractivity contribution in [3.63, 3.8) is 0 Å². The van der Waals surface area contributed by atoms with E-state index in [0.717, 1.165) is 0 Å². The zero-order chi connectivity index (χ0) is 17.1. The van der Waals surface area contributed by atoms with Gasteiger partial charge in [0.25, 0.3) is 0 Å². The maximum Gasteiger partial charge on any atom is 0.394 e. The minimum Gasteiger partial charge on any atom is -0.480 e. The molecule has 0 aromatic heterocycles. The Hall–Kier alpha value is -0.570. The lowest BCUT2D eigenvalue weighted by atomic mass is 10.2. The molecule has 0 fully saturated rings. The Balaban J connectivity index is 0. The molecule has 0 spiro atoms. The van der Waals surface area contributed by atoms with Crippen LogP contribution in [0.1, 0.15) is 12.8 Å². The summed E-state index contributed by atoms with van der Waals surface area (Å²) in [6.07, 6.45) is 0.802. The third-order valence-corrected chi connectivity index (χ3v) is 4.21. The Morgan fingerprint density at radius 2 is 1.14 bits per heavy atom. The first kappa shape index (κ1) is 22.7. The minimum atomic E-state index is -4.67. The van der Waals surface area contributed by atoms with Gasteiger partial charge >= 0.3 is 22.3 Å². The summed E-state index contributed by atoms with van der Waals surface area (Å²) in [5.41, 5.74) is 10.6. The van der Waals surface area contributed by atoms with Crippen LogP contribution in [-0.2, 0) is 20.0 Å². The van der Waals surface area contributed by atoms with E-state index in [1.165, 1.54) is 21.6 Å². The summed E-state index contributed by atoms with van der Waals surface area (Å²) in [4.78, 5) is 20.7. The molecule has 126 valence electrons. The molecule has 0 aromatic rings. The van der Waals surface area contributed by atoms with Gasteiger partial charge in [-0.3, -0.25) is 18.7 Å². The van der Waals surface area contributed by atoms with Crippen LogP contribution in [0.15, 0.2) is 0 Å². The SMILES string of the molecule is NC(CCSSCCC(N)C(=O)O)C(=O)O.O=S(=O)(O)O. The van der Waals surface area contributed by atoms with Crippen molar-refractivity contribution in [3.8, 4) is 0 Å². The van der Waals surface area contributed by atoms with Crippen molar-refractivity contribution in [2.24, 2.45) is 11.5 Å². The van der Waals surface area contributed by atoms with Gasteiger partial charge in [0, 0.05) is 11.5 Å². The van der Waals surface area contributed by atoms with E-state index in [-0.39, 0.29) is 0 Å². The fraction of sp³-hybridized carbons (Fsp3) is 0.750. The van der Waals surface area contributed by atoms with Crippen molar-refractivity contribution in [2.45, 2.75) is 24.9 Å². The Bertz CT molecular complexity index is 384. The minimum absolute atomic E-state index is 0.401. The van der Waals surface area contributed by atoms with Gasteiger partial charge in [0.05, 0.1) is 0 Å². The molecule has 0 saturated heterocycles. The number of carboxylic acids is 2. The molecule has 0 bridgehead atoms. The van der Waals surface area contributed by atoms with E-state index >= 15 is 0 Å². The van der Waals surface area contributed by atoms with Gasteiger partial charge in [0.1, 0.15) is 12.1 Å². The number of carbonyl (C=O) groups is 2. The van der Waals surface area contributed by atoms with Crippen LogP contribution < -0.4 is 11.5 Å². The summed E-state index contributed by atoms with van der Waals surface area (Å²) >= 11 is 0. The van der Waals surface area contributed by atoms with Crippen LogP contribution in [0.5, 0.6) is 0 Å². The molecule has 10 nitrogen and oxygen atoms in total. The molecule has 0 radical (unpaired) electrons. The van der Waals surface area contributed by atoms with Crippen molar-refractivity contribution in [1.29, 1.82) is 0 Å². The third-order valence-electron chi connectivity index (χ3n) is 1.74. The van der Waals surface area contributed by atoms with Gasteiger partial charge in [-0.05, 0) is 12.8 Å². The summed E-state index contributed by atoms with van der Waals surface area (Å²) in [6.45, 7) is 0. The smallest absolute Gasteiger partial charge is 0.394 e. The zero-order valence-corrected chi connectivity index (χ0v) is 13.2. The number of carboxylic acid groups (broad SMARTS) is 2. The highest BCUT2D eigenvalue weighted by Gasteiger charge is 2.12. The average molecular weight is 366 g/mol. The Morgan fingerprint density at radius 3 is 1.33 bits per heavy atom. The van der Waals surface area contributed by atoms with Crippen LogP contribution >= 0.6 is 21.6 Å². The predicted molar refractivity (Wildman–Crippen MR) is 79.5 cm³/mol. The molecule has 0 rings (SSSR count). The molecule has 13 heteroatoms. The van der Waals surface area contributed by atoms with Crippen LogP contribution in [0.2, 0.25) is 0 Å². The maximum atomic E-state index is 10.4. The molecule has 2 unspecified atom stereocenters. The standard InChI is InChI=1S/C8H16N2O4S2.H2O4S/c9-5(7(11)12)1-3-15-16-4-2-6(10)8(13)14;1-5(2,3)4/h5-6H,1-4,9-10H2,(H,11,12)(H,13,14);(H2,1,2,3,4). The molecule has 0 amide bonds. The lowest BCUT2D eigenvalue weighted by molar-refractivity contribution is -0.139. The highest BCUT2D eigenvalue weighted by Crippen LogP contribution is 2.23. The molecule has 21 heavy (non-hydrogen) atoms. The highest BCUT2D eigenvalue weighted by atomic mass is 33.1. The van der Waals surface area contributed by atoms with Gasteiger partial charge in [-0.15, -0.1) is 0 Å². The second kappa shape index (κ2) is 12.0. The summed E-state index contributed by atoms with van der Waals surface area (Å²) < 4.78 is 31.6. The number of rotatable bonds is 9. The number of aliphatic carboxylic acids is 2. The summed E-state index contributed by atoms with van der Waals surface area (Å²) in [5, 5.41) is 17.0. The molecule has 0 saturated carbocycles. The quantitative estimate of drug-likeness (QED) is 0.171. The van der Waals surface area contributed by atoms with Crippen molar-refractivity contribution in [2.75, 3.05) is 11.5 Å². The summed E-state index contributed by atoms with van der Waals surface area (Å²) in [7, 11) is -1.71. The fourth-order valence-corrected chi connectivity index (χ4v) is 2.94. The Labute approximate surface area is 129 Å². The Kier molecular flexibility index (Phi) is 13.0. The van der Waals surface area contributed by atoms with Crippen LogP contribution in [0.4, 0.5) is 0 Å².